The van der Waals surface area contributed by atoms with Gasteiger partial charge in [-0.15, -0.1) is 0 Å². The fourth-order valence-corrected chi connectivity index (χ4v) is 2.56. The van der Waals surface area contributed by atoms with Gasteiger partial charge >= 0.3 is 0 Å². The van der Waals surface area contributed by atoms with Crippen molar-refractivity contribution in [2.45, 2.75) is 0 Å². The van der Waals surface area contributed by atoms with Crippen LogP contribution < -0.4 is 11.1 Å². The Kier molecular flexibility index (Phi) is 4.58. The molecule has 2 rings (SSSR count). The van der Waals surface area contributed by atoms with E-state index in [4.69, 9.17) is 18.0 Å². The summed E-state index contributed by atoms with van der Waals surface area (Å²) in [5.41, 5.74) is 8.46. The van der Waals surface area contributed by atoms with Crippen molar-refractivity contribution in [2.75, 3.05) is 5.32 Å². The third-order valence-corrected chi connectivity index (χ3v) is 3.97. The largest absolute Gasteiger partial charge is 0.389 e. The highest BCUT2D eigenvalue weighted by Crippen LogP contribution is 2.29. The summed E-state index contributed by atoms with van der Waals surface area (Å²) in [6, 6.07) is 13.8. The molecule has 0 fully saturated rings. The predicted molar refractivity (Wildman–Crippen MR) is 92.5 cm³/mol. The summed E-state index contributed by atoms with van der Waals surface area (Å²) < 4.78 is 2.16. The highest BCUT2D eigenvalue weighted by atomic mass is 127. The summed E-state index contributed by atoms with van der Waals surface area (Å²) in [5, 5.41) is 3.34. The van der Waals surface area contributed by atoms with Crippen LogP contribution in [0.15, 0.2) is 46.9 Å². The fraction of sp³-hybridized carbons (Fsp3) is 0. The molecule has 0 saturated carbocycles. The highest BCUT2D eigenvalue weighted by molar-refractivity contribution is 14.1. The Labute approximate surface area is 133 Å². The number of nitrogens with one attached hydrogen (secondary N) is 1. The monoisotopic (exact) mass is 432 g/mol. The van der Waals surface area contributed by atoms with Crippen molar-refractivity contribution in [1.82, 2.24) is 0 Å². The van der Waals surface area contributed by atoms with Crippen LogP contribution in [0.1, 0.15) is 5.56 Å². The second-order valence-corrected chi connectivity index (χ2v) is 6.20. The lowest BCUT2D eigenvalue weighted by atomic mass is 10.1. The Hall–Kier alpha value is -0.660. The topological polar surface area (TPSA) is 38.0 Å². The number of halogens is 2. The summed E-state index contributed by atoms with van der Waals surface area (Å²) in [7, 11) is 0. The minimum atomic E-state index is 0.389. The van der Waals surface area contributed by atoms with E-state index >= 15 is 0 Å². The summed E-state index contributed by atoms with van der Waals surface area (Å²) in [5.74, 6) is 0. The summed E-state index contributed by atoms with van der Waals surface area (Å²) in [6.45, 7) is 0. The van der Waals surface area contributed by atoms with Gasteiger partial charge in [0.25, 0.3) is 0 Å². The first-order chi connectivity index (χ1) is 8.58. The summed E-state index contributed by atoms with van der Waals surface area (Å²) in [4.78, 5) is 0.389. The molecule has 0 aliphatic heterocycles. The Balaban J connectivity index is 2.40. The van der Waals surface area contributed by atoms with Crippen molar-refractivity contribution in [2.24, 2.45) is 5.73 Å². The van der Waals surface area contributed by atoms with Gasteiger partial charge in [-0.05, 0) is 68.9 Å². The molecule has 3 N–H and O–H groups in total. The normalized spacial score (nSPS) is 10.1. The SMILES string of the molecule is NC(=S)c1ccccc1Nc1cc(I)ccc1Br. The molecule has 0 aliphatic carbocycles. The number of anilines is 2. The third-order valence-electron chi connectivity index (χ3n) is 2.39. The van der Waals surface area contributed by atoms with Crippen LogP contribution in [-0.2, 0) is 0 Å². The molecule has 0 heterocycles. The Morgan fingerprint density at radius 1 is 1.17 bits per heavy atom. The van der Waals surface area contributed by atoms with Gasteiger partial charge in [-0.25, -0.2) is 0 Å². The predicted octanol–water partition coefficient (Wildman–Crippen LogP) is 4.43. The van der Waals surface area contributed by atoms with Crippen LogP contribution in [-0.4, -0.2) is 4.99 Å². The van der Waals surface area contributed by atoms with Crippen LogP contribution >= 0.6 is 50.7 Å². The molecule has 0 aliphatic rings. The van der Waals surface area contributed by atoms with Gasteiger partial charge in [0.2, 0.25) is 0 Å². The third kappa shape index (κ3) is 3.21. The van der Waals surface area contributed by atoms with Crippen LogP contribution in [0.25, 0.3) is 0 Å². The molecule has 2 nitrogen and oxygen atoms in total. The number of para-hydroxylation sites is 1. The fourth-order valence-electron chi connectivity index (χ4n) is 1.55. The Morgan fingerprint density at radius 3 is 2.61 bits per heavy atom. The molecule has 18 heavy (non-hydrogen) atoms. The zero-order valence-corrected chi connectivity index (χ0v) is 13.8. The van der Waals surface area contributed by atoms with Gasteiger partial charge in [0.15, 0.2) is 0 Å². The lowest BCUT2D eigenvalue weighted by molar-refractivity contribution is 1.49. The molecule has 0 spiro atoms. The van der Waals surface area contributed by atoms with Crippen molar-refractivity contribution >= 4 is 67.1 Å². The van der Waals surface area contributed by atoms with Crippen LogP contribution in [0.4, 0.5) is 11.4 Å². The van der Waals surface area contributed by atoms with Gasteiger partial charge < -0.3 is 11.1 Å². The number of thiocarbonyl (C=S) groups is 1. The molecule has 92 valence electrons. The van der Waals surface area contributed by atoms with Crippen LogP contribution in [0.5, 0.6) is 0 Å². The standard InChI is InChI=1S/C13H10BrIN2S/c14-10-6-5-8(15)7-12(10)17-11-4-2-1-3-9(11)13(16)18/h1-7,17H,(H2,16,18). The molecule has 0 bridgehead atoms. The van der Waals surface area contributed by atoms with Gasteiger partial charge in [-0.1, -0.05) is 24.4 Å². The molecule has 0 amide bonds. The van der Waals surface area contributed by atoms with E-state index in [1.54, 1.807) is 0 Å². The molecule has 0 atom stereocenters. The van der Waals surface area contributed by atoms with E-state index in [1.807, 2.05) is 36.4 Å². The van der Waals surface area contributed by atoms with E-state index < -0.39 is 0 Å². The summed E-state index contributed by atoms with van der Waals surface area (Å²) in [6.07, 6.45) is 0. The van der Waals surface area contributed by atoms with Crippen molar-refractivity contribution in [1.29, 1.82) is 0 Å². The first-order valence-corrected chi connectivity index (χ1v) is 7.47. The van der Waals surface area contributed by atoms with Crippen LogP contribution in [0.3, 0.4) is 0 Å². The zero-order chi connectivity index (χ0) is 13.1. The second-order valence-electron chi connectivity index (χ2n) is 3.66. The summed E-state index contributed by atoms with van der Waals surface area (Å²) >= 11 is 10.8. The van der Waals surface area contributed by atoms with E-state index in [-0.39, 0.29) is 0 Å². The Bertz CT molecular complexity index is 601. The highest BCUT2D eigenvalue weighted by Gasteiger charge is 2.06. The van der Waals surface area contributed by atoms with E-state index in [1.165, 1.54) is 0 Å². The van der Waals surface area contributed by atoms with Gasteiger partial charge in [-0.3, -0.25) is 0 Å². The quantitative estimate of drug-likeness (QED) is 0.556. The van der Waals surface area contributed by atoms with Gasteiger partial charge in [0.1, 0.15) is 4.99 Å². The number of rotatable bonds is 3. The first kappa shape index (κ1) is 13.8. The average Bonchev–Trinajstić information content (AvgIpc) is 2.34. The maximum atomic E-state index is 5.71. The molecule has 0 radical (unpaired) electrons. The van der Waals surface area contributed by atoms with Crippen molar-refractivity contribution < 1.29 is 0 Å². The van der Waals surface area contributed by atoms with Crippen molar-refractivity contribution in [3.05, 3.63) is 56.1 Å². The molecule has 5 heteroatoms. The van der Waals surface area contributed by atoms with E-state index in [9.17, 15) is 0 Å². The average molecular weight is 433 g/mol. The maximum Gasteiger partial charge on any atom is 0.106 e. The number of nitrogens with two attached hydrogens (primary N) is 1. The van der Waals surface area contributed by atoms with E-state index in [0.29, 0.717) is 4.99 Å². The Morgan fingerprint density at radius 2 is 1.89 bits per heavy atom. The minimum absolute atomic E-state index is 0.389. The van der Waals surface area contributed by atoms with Gasteiger partial charge in [0, 0.05) is 19.3 Å². The second kappa shape index (κ2) is 5.99. The molecule has 0 saturated heterocycles. The van der Waals surface area contributed by atoms with Crippen LogP contribution in [0, 0.1) is 3.57 Å². The van der Waals surface area contributed by atoms with Crippen LogP contribution in [0.2, 0.25) is 0 Å². The maximum absolute atomic E-state index is 5.71. The van der Waals surface area contributed by atoms with Crippen molar-refractivity contribution in [3.63, 3.8) is 0 Å². The molecule has 2 aromatic carbocycles. The number of benzene rings is 2. The molecular formula is C13H10BrIN2S. The first-order valence-electron chi connectivity index (χ1n) is 5.19. The minimum Gasteiger partial charge on any atom is -0.389 e. The van der Waals surface area contributed by atoms with E-state index in [0.717, 1.165) is 25.0 Å². The number of hydrogen-bond donors (Lipinski definition) is 2. The molecule has 0 unspecified atom stereocenters. The van der Waals surface area contributed by atoms with Gasteiger partial charge in [0.05, 0.1) is 5.69 Å². The lowest BCUT2D eigenvalue weighted by Gasteiger charge is -2.12. The molecular weight excluding hydrogens is 423 g/mol. The van der Waals surface area contributed by atoms with Crippen molar-refractivity contribution in [3.8, 4) is 0 Å². The zero-order valence-electron chi connectivity index (χ0n) is 9.28. The smallest absolute Gasteiger partial charge is 0.106 e. The number of hydrogen-bond acceptors (Lipinski definition) is 2. The lowest BCUT2D eigenvalue weighted by Crippen LogP contribution is -2.11. The molecule has 0 aromatic heterocycles. The molecule has 2 aromatic rings. The van der Waals surface area contributed by atoms with Gasteiger partial charge in [-0.2, -0.15) is 0 Å². The van der Waals surface area contributed by atoms with E-state index in [2.05, 4.69) is 49.9 Å².